The third kappa shape index (κ3) is 4.20. The summed E-state index contributed by atoms with van der Waals surface area (Å²) in [5, 5.41) is 2.70. The van der Waals surface area contributed by atoms with Crippen LogP contribution < -0.4 is 14.8 Å². The number of carbonyl (C=O) groups is 2. The summed E-state index contributed by atoms with van der Waals surface area (Å²) in [6.07, 6.45) is 0.983. The number of Topliss-reactive ketones (excluding diaryl/α,β-unsaturated/α-hetero) is 1. The minimum Gasteiger partial charge on any atom is -0.454 e. The van der Waals surface area contributed by atoms with E-state index < -0.39 is 23.6 Å². The van der Waals surface area contributed by atoms with E-state index in [1.165, 1.54) is 12.1 Å². The zero-order chi connectivity index (χ0) is 25.5. The van der Waals surface area contributed by atoms with Crippen LogP contribution in [0.5, 0.6) is 11.5 Å². The Hall–Kier alpha value is -4.26. The lowest BCUT2D eigenvalue weighted by molar-refractivity contribution is -0.122. The van der Waals surface area contributed by atoms with Gasteiger partial charge in [0.05, 0.1) is 11.6 Å². The maximum Gasteiger partial charge on any atom is 0.254 e. The first-order valence-electron chi connectivity index (χ1n) is 12.3. The molecule has 1 fully saturated rings. The molecule has 3 atom stereocenters. The summed E-state index contributed by atoms with van der Waals surface area (Å²) in [4.78, 5) is 32.2. The molecule has 3 aromatic rings. The fourth-order valence-corrected chi connectivity index (χ4v) is 5.65. The number of hydrogen-bond acceptors (Lipinski definition) is 5. The van der Waals surface area contributed by atoms with Crippen LogP contribution in [0.2, 0.25) is 0 Å². The second-order valence-electron chi connectivity index (χ2n) is 9.59. The number of allylic oxidation sites excluding steroid dienone is 1. The van der Waals surface area contributed by atoms with Gasteiger partial charge in [0, 0.05) is 29.3 Å². The number of hydrogen-bond donors (Lipinski definition) is 1. The Labute approximate surface area is 213 Å². The minimum atomic E-state index is -0.592. The summed E-state index contributed by atoms with van der Waals surface area (Å²) in [5.41, 5.74) is 3.57. The lowest BCUT2D eigenvalue weighted by Crippen LogP contribution is -2.41. The molecule has 1 amide bonds. The van der Waals surface area contributed by atoms with Crippen LogP contribution in [0, 0.1) is 11.7 Å². The molecule has 0 saturated heterocycles. The third-order valence-corrected chi connectivity index (χ3v) is 7.35. The van der Waals surface area contributed by atoms with Crippen molar-refractivity contribution < 1.29 is 23.5 Å². The molecule has 2 heterocycles. The Kier molecular flexibility index (Phi) is 5.83. The maximum absolute atomic E-state index is 14.4. The van der Waals surface area contributed by atoms with Crippen molar-refractivity contribution in [2.24, 2.45) is 10.9 Å². The van der Waals surface area contributed by atoms with Crippen molar-refractivity contribution in [1.29, 1.82) is 0 Å². The number of anilines is 1. The highest BCUT2D eigenvalue weighted by atomic mass is 19.1. The fourth-order valence-electron chi connectivity index (χ4n) is 5.65. The van der Waals surface area contributed by atoms with E-state index in [9.17, 15) is 14.0 Å². The predicted molar refractivity (Wildman–Crippen MR) is 137 cm³/mol. The van der Waals surface area contributed by atoms with Gasteiger partial charge in [-0.3, -0.25) is 14.6 Å². The molecule has 3 aromatic carbocycles. The smallest absolute Gasteiger partial charge is 0.254 e. The predicted octanol–water partition coefficient (Wildman–Crippen LogP) is 5.77. The molecular weight excluding hydrogens is 471 g/mol. The average Bonchev–Trinajstić information content (AvgIpc) is 3.37. The number of aliphatic imine (C=N–C) groups is 1. The van der Waals surface area contributed by atoms with Gasteiger partial charge >= 0.3 is 0 Å². The molecule has 0 unspecified atom stereocenters. The number of benzene rings is 3. The largest absolute Gasteiger partial charge is 0.454 e. The number of ether oxygens (including phenoxy) is 2. The second-order valence-corrected chi connectivity index (χ2v) is 9.59. The number of halogens is 1. The van der Waals surface area contributed by atoms with Crippen molar-refractivity contribution in [2.45, 2.75) is 31.6 Å². The number of carbonyl (C=O) groups excluding carboxylic acids is 2. The zero-order valence-electron chi connectivity index (χ0n) is 20.2. The summed E-state index contributed by atoms with van der Waals surface area (Å²) < 4.78 is 25.4. The SMILES string of the molecule is CC1=C(C(=O)Nc2ccccc2F)[C@@H](c2ccc3c(c2)OCO3)[C@@H]2C(=O)C[C@@H](c3ccccc3)CC2=N1. The Morgan fingerprint density at radius 2 is 1.68 bits per heavy atom. The molecule has 1 N–H and O–H groups in total. The molecule has 6 nitrogen and oxygen atoms in total. The average molecular weight is 497 g/mol. The number of amides is 1. The topological polar surface area (TPSA) is 77.0 Å². The maximum atomic E-state index is 14.4. The van der Waals surface area contributed by atoms with Gasteiger partial charge in [-0.15, -0.1) is 0 Å². The van der Waals surface area contributed by atoms with Gasteiger partial charge in [0.2, 0.25) is 6.79 Å². The molecule has 6 rings (SSSR count). The molecule has 0 bridgehead atoms. The van der Waals surface area contributed by atoms with Crippen LogP contribution in [-0.4, -0.2) is 24.2 Å². The Morgan fingerprint density at radius 1 is 0.919 bits per heavy atom. The van der Waals surface area contributed by atoms with Gasteiger partial charge in [-0.2, -0.15) is 0 Å². The summed E-state index contributed by atoms with van der Waals surface area (Å²) in [7, 11) is 0. The molecule has 2 aliphatic heterocycles. The van der Waals surface area contributed by atoms with Crippen LogP contribution in [0.25, 0.3) is 0 Å². The highest BCUT2D eigenvalue weighted by Gasteiger charge is 2.46. The van der Waals surface area contributed by atoms with E-state index in [2.05, 4.69) is 5.32 Å². The summed E-state index contributed by atoms with van der Waals surface area (Å²) in [6.45, 7) is 1.89. The van der Waals surface area contributed by atoms with E-state index in [1.807, 2.05) is 42.5 Å². The van der Waals surface area contributed by atoms with E-state index in [1.54, 1.807) is 25.1 Å². The van der Waals surface area contributed by atoms with Gasteiger partial charge in [0.15, 0.2) is 11.5 Å². The van der Waals surface area contributed by atoms with Gasteiger partial charge in [-0.1, -0.05) is 48.5 Å². The summed E-state index contributed by atoms with van der Waals surface area (Å²) >= 11 is 0. The number of nitrogens with zero attached hydrogens (tertiary/aromatic N) is 1. The molecule has 0 aromatic heterocycles. The van der Waals surface area contributed by atoms with Crippen molar-refractivity contribution in [2.75, 3.05) is 12.1 Å². The number of para-hydroxylation sites is 1. The van der Waals surface area contributed by atoms with Gasteiger partial charge < -0.3 is 14.8 Å². The van der Waals surface area contributed by atoms with Gasteiger partial charge in [0.1, 0.15) is 11.6 Å². The number of fused-ring (bicyclic) bond motifs is 2. The Bertz CT molecular complexity index is 1460. The van der Waals surface area contributed by atoms with Crippen molar-refractivity contribution in [3.05, 3.63) is 101 Å². The molecule has 37 heavy (non-hydrogen) atoms. The lowest BCUT2D eigenvalue weighted by Gasteiger charge is -2.38. The van der Waals surface area contributed by atoms with E-state index in [4.69, 9.17) is 14.5 Å². The number of rotatable bonds is 4. The zero-order valence-corrected chi connectivity index (χ0v) is 20.2. The Morgan fingerprint density at radius 3 is 2.49 bits per heavy atom. The summed E-state index contributed by atoms with van der Waals surface area (Å²) in [6, 6.07) is 21.5. The first-order valence-corrected chi connectivity index (χ1v) is 12.3. The molecule has 0 spiro atoms. The van der Waals surface area contributed by atoms with Gasteiger partial charge in [-0.05, 0) is 54.7 Å². The van der Waals surface area contributed by atoms with Crippen LogP contribution >= 0.6 is 0 Å². The highest BCUT2D eigenvalue weighted by molar-refractivity contribution is 6.14. The molecule has 3 aliphatic rings. The first-order chi connectivity index (χ1) is 18.0. The van der Waals surface area contributed by atoms with Crippen molar-refractivity contribution in [3.8, 4) is 11.5 Å². The number of nitrogens with one attached hydrogen (secondary N) is 1. The fraction of sp³-hybridized carbons (Fsp3) is 0.233. The van der Waals surface area contributed by atoms with Gasteiger partial charge in [0.25, 0.3) is 5.91 Å². The minimum absolute atomic E-state index is 0.0303. The van der Waals surface area contributed by atoms with Gasteiger partial charge in [-0.25, -0.2) is 4.39 Å². The highest BCUT2D eigenvalue weighted by Crippen LogP contribution is 2.47. The molecular formula is C30H25FN2O4. The molecule has 1 aliphatic carbocycles. The van der Waals surface area contributed by atoms with Crippen LogP contribution in [0.15, 0.2) is 89.1 Å². The van der Waals surface area contributed by atoms with Crippen molar-refractivity contribution >= 4 is 23.1 Å². The normalized spacial score (nSPS) is 22.4. The second kappa shape index (κ2) is 9.32. The monoisotopic (exact) mass is 496 g/mol. The van der Waals surface area contributed by atoms with Crippen LogP contribution in [0.1, 0.15) is 42.7 Å². The summed E-state index contributed by atoms with van der Waals surface area (Å²) in [5.74, 6) is -0.945. The van der Waals surface area contributed by atoms with E-state index in [0.29, 0.717) is 35.6 Å². The Balaban J connectivity index is 1.43. The van der Waals surface area contributed by atoms with E-state index in [0.717, 1.165) is 16.8 Å². The molecule has 0 radical (unpaired) electrons. The third-order valence-electron chi connectivity index (χ3n) is 7.35. The van der Waals surface area contributed by atoms with Crippen molar-refractivity contribution in [1.82, 2.24) is 0 Å². The number of ketones is 1. The van der Waals surface area contributed by atoms with Crippen LogP contribution in [0.4, 0.5) is 10.1 Å². The standard InChI is InChI=1S/C30H25FN2O4/c1-17-27(30(35)33-22-10-6-5-9-21(22)31)28(19-11-12-25-26(15-19)37-16-36-25)29-23(32-17)13-20(14-24(29)34)18-7-3-2-4-8-18/h2-12,15,20,28-29H,13-14,16H2,1H3,(H,33,35)/t20-,28+,29-/m0/s1. The van der Waals surface area contributed by atoms with E-state index in [-0.39, 0.29) is 24.2 Å². The molecule has 186 valence electrons. The van der Waals surface area contributed by atoms with E-state index >= 15 is 0 Å². The molecule has 1 saturated carbocycles. The van der Waals surface area contributed by atoms with Crippen LogP contribution in [0.3, 0.4) is 0 Å². The molecule has 7 heteroatoms. The first kappa shape index (κ1) is 23.2. The van der Waals surface area contributed by atoms with Crippen LogP contribution in [-0.2, 0) is 9.59 Å². The van der Waals surface area contributed by atoms with Crippen molar-refractivity contribution in [3.63, 3.8) is 0 Å². The lowest BCUT2D eigenvalue weighted by atomic mass is 9.66. The quantitative estimate of drug-likeness (QED) is 0.498.